The first-order valence-corrected chi connectivity index (χ1v) is 5.68. The van der Waals surface area contributed by atoms with Crippen LogP contribution in [0, 0.1) is 0 Å². The number of ether oxygens (including phenoxy) is 2. The summed E-state index contributed by atoms with van der Waals surface area (Å²) in [5.41, 5.74) is -1.18. The Morgan fingerprint density at radius 3 is 2.53 bits per heavy atom. The fourth-order valence-electron chi connectivity index (χ4n) is 1.37. The van der Waals surface area contributed by atoms with Gasteiger partial charge < -0.3 is 19.9 Å². The molecule has 0 aromatic heterocycles. The molecule has 0 fully saturated rings. The Labute approximate surface area is 111 Å². The number of carbonyl (C=O) groups is 2. The monoisotopic (exact) mass is 267 g/mol. The van der Waals surface area contributed by atoms with Crippen LogP contribution in [0.1, 0.15) is 13.8 Å². The van der Waals surface area contributed by atoms with E-state index in [0.717, 1.165) is 0 Å². The number of carbonyl (C=O) groups excluding carboxylic acids is 1. The van der Waals surface area contributed by atoms with Gasteiger partial charge in [-0.25, -0.2) is 0 Å². The number of hydrogen-bond acceptors (Lipinski definition) is 4. The average Bonchev–Trinajstić information content (AvgIpc) is 2.35. The van der Waals surface area contributed by atoms with E-state index in [9.17, 15) is 9.59 Å². The molecule has 1 rings (SSSR count). The normalized spacial score (nSPS) is 10.7. The minimum absolute atomic E-state index is 0.441. The van der Waals surface area contributed by atoms with E-state index in [1.807, 2.05) is 0 Å². The molecule has 19 heavy (non-hydrogen) atoms. The van der Waals surface area contributed by atoms with Crippen molar-refractivity contribution in [3.8, 4) is 11.5 Å². The van der Waals surface area contributed by atoms with Crippen molar-refractivity contribution in [2.24, 2.45) is 0 Å². The molecule has 1 aromatic carbocycles. The first kappa shape index (κ1) is 14.8. The highest BCUT2D eigenvalue weighted by atomic mass is 16.5. The molecular formula is C13H17NO5. The van der Waals surface area contributed by atoms with Gasteiger partial charge in [-0.15, -0.1) is 0 Å². The summed E-state index contributed by atoms with van der Waals surface area (Å²) in [4.78, 5) is 22.2. The van der Waals surface area contributed by atoms with E-state index < -0.39 is 24.0 Å². The van der Waals surface area contributed by atoms with Gasteiger partial charge in [-0.1, -0.05) is 6.07 Å². The van der Waals surface area contributed by atoms with E-state index in [0.29, 0.717) is 11.5 Å². The number of nitrogens with one attached hydrogen (secondary N) is 1. The molecule has 1 amide bonds. The third-order valence-electron chi connectivity index (χ3n) is 2.36. The van der Waals surface area contributed by atoms with E-state index in [-0.39, 0.29) is 0 Å². The van der Waals surface area contributed by atoms with Gasteiger partial charge in [0.15, 0.2) is 5.60 Å². The van der Waals surface area contributed by atoms with Gasteiger partial charge in [-0.3, -0.25) is 9.59 Å². The van der Waals surface area contributed by atoms with Crippen molar-refractivity contribution >= 4 is 11.9 Å². The summed E-state index contributed by atoms with van der Waals surface area (Å²) in [6.07, 6.45) is 0. The molecule has 0 saturated heterocycles. The van der Waals surface area contributed by atoms with Crippen molar-refractivity contribution in [2.45, 2.75) is 19.4 Å². The average molecular weight is 267 g/mol. The zero-order valence-corrected chi connectivity index (χ0v) is 11.1. The van der Waals surface area contributed by atoms with Crippen LogP contribution in [0.2, 0.25) is 0 Å². The molecular weight excluding hydrogens is 250 g/mol. The maximum Gasteiger partial charge on any atom is 0.322 e. The highest BCUT2D eigenvalue weighted by Gasteiger charge is 2.30. The van der Waals surface area contributed by atoms with Crippen LogP contribution in [-0.2, 0) is 9.59 Å². The molecule has 1 aromatic rings. The third-order valence-corrected chi connectivity index (χ3v) is 2.36. The summed E-state index contributed by atoms with van der Waals surface area (Å²) < 4.78 is 10.6. The fourth-order valence-corrected chi connectivity index (χ4v) is 1.37. The Hall–Kier alpha value is -2.24. The van der Waals surface area contributed by atoms with Crippen molar-refractivity contribution in [2.75, 3.05) is 13.7 Å². The van der Waals surface area contributed by atoms with E-state index in [1.54, 1.807) is 38.1 Å². The minimum atomic E-state index is -1.18. The van der Waals surface area contributed by atoms with Crippen molar-refractivity contribution in [1.82, 2.24) is 5.32 Å². The molecule has 0 saturated carbocycles. The van der Waals surface area contributed by atoms with E-state index in [1.165, 1.54) is 7.11 Å². The molecule has 104 valence electrons. The largest absolute Gasteiger partial charge is 0.497 e. The van der Waals surface area contributed by atoms with Gasteiger partial charge in [0.25, 0.3) is 5.91 Å². The van der Waals surface area contributed by atoms with Crippen molar-refractivity contribution in [3.05, 3.63) is 24.3 Å². The van der Waals surface area contributed by atoms with Crippen molar-refractivity contribution < 1.29 is 24.2 Å². The molecule has 0 radical (unpaired) electrons. The zero-order valence-electron chi connectivity index (χ0n) is 11.1. The van der Waals surface area contributed by atoms with Crippen molar-refractivity contribution in [3.63, 3.8) is 0 Å². The third kappa shape index (κ3) is 4.50. The summed E-state index contributed by atoms with van der Waals surface area (Å²) in [6, 6.07) is 6.82. The predicted octanol–water partition coefficient (Wildman–Crippen LogP) is 1.05. The summed E-state index contributed by atoms with van der Waals surface area (Å²) >= 11 is 0. The lowest BCUT2D eigenvalue weighted by atomic mass is 10.1. The van der Waals surface area contributed by atoms with Crippen LogP contribution in [-0.4, -0.2) is 36.2 Å². The lowest BCUT2D eigenvalue weighted by Crippen LogP contribution is -2.47. The molecule has 0 spiro atoms. The number of aliphatic carboxylic acids is 1. The van der Waals surface area contributed by atoms with E-state index >= 15 is 0 Å². The molecule has 0 aliphatic heterocycles. The summed E-state index contributed by atoms with van der Waals surface area (Å²) in [5.74, 6) is -0.530. The maximum absolute atomic E-state index is 11.8. The second kappa shape index (κ2) is 6.08. The second-order valence-electron chi connectivity index (χ2n) is 4.37. The SMILES string of the molecule is COc1cccc(OC(C)(C)C(=O)NCC(=O)O)c1. The van der Waals surface area contributed by atoms with Crippen LogP contribution in [0.5, 0.6) is 11.5 Å². The quantitative estimate of drug-likeness (QED) is 0.804. The summed E-state index contributed by atoms with van der Waals surface area (Å²) in [6.45, 7) is 2.68. The highest BCUT2D eigenvalue weighted by molar-refractivity contribution is 5.87. The first-order valence-electron chi connectivity index (χ1n) is 5.68. The van der Waals surface area contributed by atoms with Crippen LogP contribution in [0.4, 0.5) is 0 Å². The molecule has 0 bridgehead atoms. The molecule has 0 heterocycles. The Bertz CT molecular complexity index is 470. The molecule has 0 aliphatic carbocycles. The lowest BCUT2D eigenvalue weighted by molar-refractivity contribution is -0.141. The molecule has 2 N–H and O–H groups in total. The molecule has 0 atom stereocenters. The number of rotatable bonds is 6. The summed E-state index contributed by atoms with van der Waals surface area (Å²) in [7, 11) is 1.53. The maximum atomic E-state index is 11.8. The van der Waals surface area contributed by atoms with Gasteiger partial charge >= 0.3 is 5.97 Å². The van der Waals surface area contributed by atoms with Gasteiger partial charge in [-0.2, -0.15) is 0 Å². The second-order valence-corrected chi connectivity index (χ2v) is 4.37. The van der Waals surface area contributed by atoms with Crippen LogP contribution in [0.3, 0.4) is 0 Å². The number of benzene rings is 1. The summed E-state index contributed by atoms with van der Waals surface area (Å²) in [5, 5.41) is 10.8. The number of amides is 1. The smallest absolute Gasteiger partial charge is 0.322 e. The van der Waals surface area contributed by atoms with Crippen LogP contribution in [0.25, 0.3) is 0 Å². The number of carboxylic acid groups (broad SMARTS) is 1. The topological polar surface area (TPSA) is 84.9 Å². The standard InChI is InChI=1S/C13H17NO5/c1-13(2,12(17)14-8-11(15)16)19-10-6-4-5-9(7-10)18-3/h4-7H,8H2,1-3H3,(H,14,17)(H,15,16). The zero-order chi connectivity index (χ0) is 14.5. The predicted molar refractivity (Wildman–Crippen MR) is 68.3 cm³/mol. The number of hydrogen-bond donors (Lipinski definition) is 2. The fraction of sp³-hybridized carbons (Fsp3) is 0.385. The minimum Gasteiger partial charge on any atom is -0.497 e. The van der Waals surface area contributed by atoms with Crippen LogP contribution in [0.15, 0.2) is 24.3 Å². The van der Waals surface area contributed by atoms with Gasteiger partial charge in [0.05, 0.1) is 7.11 Å². The number of carboxylic acids is 1. The van der Waals surface area contributed by atoms with Gasteiger partial charge in [0.2, 0.25) is 0 Å². The molecule has 0 aliphatic rings. The van der Waals surface area contributed by atoms with Gasteiger partial charge in [-0.05, 0) is 26.0 Å². The first-order chi connectivity index (χ1) is 8.85. The molecule has 6 nitrogen and oxygen atoms in total. The molecule has 6 heteroatoms. The van der Waals surface area contributed by atoms with Gasteiger partial charge in [0.1, 0.15) is 18.0 Å². The number of methoxy groups -OCH3 is 1. The Morgan fingerprint density at radius 1 is 1.32 bits per heavy atom. The highest BCUT2D eigenvalue weighted by Crippen LogP contribution is 2.23. The Kier molecular flexibility index (Phi) is 4.74. The van der Waals surface area contributed by atoms with E-state index in [4.69, 9.17) is 14.6 Å². The Morgan fingerprint density at radius 2 is 1.95 bits per heavy atom. The molecule has 0 unspecified atom stereocenters. The lowest BCUT2D eigenvalue weighted by Gasteiger charge is -2.25. The van der Waals surface area contributed by atoms with Crippen molar-refractivity contribution in [1.29, 1.82) is 0 Å². The van der Waals surface area contributed by atoms with E-state index in [2.05, 4.69) is 5.32 Å². The van der Waals surface area contributed by atoms with Gasteiger partial charge in [0, 0.05) is 6.07 Å². The van der Waals surface area contributed by atoms with Crippen LogP contribution >= 0.6 is 0 Å². The van der Waals surface area contributed by atoms with Crippen LogP contribution < -0.4 is 14.8 Å². The Balaban J connectivity index is 2.71.